The summed E-state index contributed by atoms with van der Waals surface area (Å²) in [6.45, 7) is 2.85. The number of anilines is 1. The number of carbonyl (C=O) groups is 1. The molecule has 2 aromatic carbocycles. The van der Waals surface area contributed by atoms with E-state index in [0.717, 1.165) is 0 Å². The molecule has 0 unspecified atom stereocenters. The van der Waals surface area contributed by atoms with Gasteiger partial charge < -0.3 is 15.4 Å². The van der Waals surface area contributed by atoms with Gasteiger partial charge in [-0.2, -0.15) is 0 Å². The molecular weight excluding hydrogens is 390 g/mol. The van der Waals surface area contributed by atoms with Crippen LogP contribution in [0.1, 0.15) is 15.9 Å². The minimum Gasteiger partial charge on any atom is -0.497 e. The number of hydrogen-bond acceptors (Lipinski definition) is 5. The number of aryl methyl sites for hydroxylation is 1. The van der Waals surface area contributed by atoms with Crippen molar-refractivity contribution in [1.82, 2.24) is 10.6 Å². The highest BCUT2D eigenvalue weighted by molar-refractivity contribution is 7.92. The number of ether oxygens (including phenoxy) is 1. The number of hydrogen-bond donors (Lipinski definition) is 3. The first-order valence-electron chi connectivity index (χ1n) is 8.07. The third-order valence-corrected chi connectivity index (χ3v) is 5.15. The zero-order valence-corrected chi connectivity index (χ0v) is 17.0. The van der Waals surface area contributed by atoms with Crippen LogP contribution < -0.4 is 20.1 Å². The molecule has 0 radical (unpaired) electrons. The van der Waals surface area contributed by atoms with Crippen molar-refractivity contribution in [2.45, 2.75) is 11.8 Å². The molecule has 3 N–H and O–H groups in total. The van der Waals surface area contributed by atoms with Crippen LogP contribution in [0.3, 0.4) is 0 Å². The van der Waals surface area contributed by atoms with Gasteiger partial charge in [0.1, 0.15) is 5.75 Å². The van der Waals surface area contributed by atoms with Crippen molar-refractivity contribution in [2.75, 3.05) is 32.0 Å². The molecule has 0 aliphatic rings. The minimum absolute atomic E-state index is 0. The molecule has 0 aliphatic carbocycles. The second-order valence-corrected chi connectivity index (χ2v) is 7.35. The van der Waals surface area contributed by atoms with Gasteiger partial charge in [0.25, 0.3) is 15.9 Å². The summed E-state index contributed by atoms with van der Waals surface area (Å²) in [7, 11) is -0.491. The fourth-order valence-electron chi connectivity index (χ4n) is 2.28. The molecule has 1 amide bonds. The Morgan fingerprint density at radius 1 is 1.07 bits per heavy atom. The molecule has 0 saturated carbocycles. The number of sulfonamides is 1. The Bertz CT molecular complexity index is 871. The number of carbonyl (C=O) groups excluding carboxylic acids is 1. The number of halogens is 1. The molecule has 0 bridgehead atoms. The molecule has 0 aliphatic heterocycles. The second kappa shape index (κ2) is 10.1. The van der Waals surface area contributed by atoms with Gasteiger partial charge in [-0.05, 0) is 55.9 Å². The van der Waals surface area contributed by atoms with Gasteiger partial charge in [0.15, 0.2) is 0 Å². The van der Waals surface area contributed by atoms with E-state index in [1.807, 2.05) is 0 Å². The van der Waals surface area contributed by atoms with Crippen LogP contribution in [-0.4, -0.2) is 41.6 Å². The van der Waals surface area contributed by atoms with E-state index in [1.165, 1.54) is 19.2 Å². The third-order valence-electron chi connectivity index (χ3n) is 3.77. The molecule has 7 nitrogen and oxygen atoms in total. The largest absolute Gasteiger partial charge is 0.497 e. The average Bonchev–Trinajstić information content (AvgIpc) is 2.62. The van der Waals surface area contributed by atoms with E-state index in [9.17, 15) is 13.2 Å². The highest BCUT2D eigenvalue weighted by Crippen LogP contribution is 2.21. The van der Waals surface area contributed by atoms with Gasteiger partial charge in [0.05, 0.1) is 12.0 Å². The number of rotatable bonds is 8. The quantitative estimate of drug-likeness (QED) is 0.576. The Balaban J connectivity index is 0.00000364. The zero-order valence-electron chi connectivity index (χ0n) is 15.4. The molecule has 0 saturated heterocycles. The number of methoxy groups -OCH3 is 1. The van der Waals surface area contributed by atoms with Gasteiger partial charge in [-0.15, -0.1) is 12.4 Å². The van der Waals surface area contributed by atoms with E-state index < -0.39 is 10.0 Å². The first-order valence-corrected chi connectivity index (χ1v) is 9.56. The van der Waals surface area contributed by atoms with Crippen LogP contribution in [0, 0.1) is 6.92 Å². The maximum atomic E-state index is 12.6. The maximum absolute atomic E-state index is 12.6. The number of amides is 1. The Hall–Kier alpha value is -2.29. The van der Waals surface area contributed by atoms with Crippen LogP contribution in [0.5, 0.6) is 5.75 Å². The maximum Gasteiger partial charge on any atom is 0.261 e. The van der Waals surface area contributed by atoms with Crippen molar-refractivity contribution in [3.05, 3.63) is 53.6 Å². The van der Waals surface area contributed by atoms with Gasteiger partial charge in [0, 0.05) is 24.3 Å². The Labute approximate surface area is 166 Å². The SMILES string of the molecule is CNCCNC(=O)c1cc(S(=O)(=O)Nc2ccc(OC)cc2)ccc1C.Cl. The molecule has 0 aromatic heterocycles. The Kier molecular flexibility index (Phi) is 8.55. The molecule has 2 rings (SSSR count). The predicted octanol–water partition coefficient (Wildman–Crippen LogP) is 2.18. The van der Waals surface area contributed by atoms with Crippen molar-refractivity contribution >= 4 is 34.0 Å². The topological polar surface area (TPSA) is 96.5 Å². The summed E-state index contributed by atoms with van der Waals surface area (Å²) in [5.74, 6) is 0.322. The summed E-state index contributed by atoms with van der Waals surface area (Å²) in [5.41, 5.74) is 1.44. The normalized spacial score (nSPS) is 10.6. The predicted molar refractivity (Wildman–Crippen MR) is 108 cm³/mol. The fraction of sp³-hybridized carbons (Fsp3) is 0.278. The molecule has 0 heterocycles. The smallest absolute Gasteiger partial charge is 0.261 e. The summed E-state index contributed by atoms with van der Waals surface area (Å²) >= 11 is 0. The van der Waals surface area contributed by atoms with Gasteiger partial charge >= 0.3 is 0 Å². The standard InChI is InChI=1S/C18H23N3O4S.ClH/c1-13-4-9-16(12-17(13)18(22)20-11-10-19-2)26(23,24)21-14-5-7-15(25-3)8-6-14;/h4-9,12,19,21H,10-11H2,1-3H3,(H,20,22);1H. The molecule has 0 spiro atoms. The van der Waals surface area contributed by atoms with Crippen LogP contribution >= 0.6 is 12.4 Å². The molecule has 0 fully saturated rings. The van der Waals surface area contributed by atoms with Crippen LogP contribution in [0.4, 0.5) is 5.69 Å². The second-order valence-electron chi connectivity index (χ2n) is 5.67. The average molecular weight is 414 g/mol. The van der Waals surface area contributed by atoms with Crippen LogP contribution in [0.2, 0.25) is 0 Å². The monoisotopic (exact) mass is 413 g/mol. The summed E-state index contributed by atoms with van der Waals surface area (Å²) in [6.07, 6.45) is 0. The van der Waals surface area contributed by atoms with E-state index in [1.54, 1.807) is 44.3 Å². The fourth-order valence-corrected chi connectivity index (χ4v) is 3.37. The number of benzene rings is 2. The molecule has 27 heavy (non-hydrogen) atoms. The summed E-state index contributed by atoms with van der Waals surface area (Å²) in [6, 6.07) is 11.0. The van der Waals surface area contributed by atoms with E-state index in [-0.39, 0.29) is 23.2 Å². The lowest BCUT2D eigenvalue weighted by Crippen LogP contribution is -2.31. The first kappa shape index (κ1) is 22.8. The Morgan fingerprint density at radius 3 is 2.33 bits per heavy atom. The van der Waals surface area contributed by atoms with Gasteiger partial charge in [-0.3, -0.25) is 9.52 Å². The van der Waals surface area contributed by atoms with E-state index in [0.29, 0.717) is 35.7 Å². The number of nitrogens with one attached hydrogen (secondary N) is 3. The van der Waals surface area contributed by atoms with Crippen molar-refractivity contribution in [3.8, 4) is 5.75 Å². The van der Waals surface area contributed by atoms with Crippen molar-refractivity contribution < 1.29 is 17.9 Å². The summed E-state index contributed by atoms with van der Waals surface area (Å²) in [5, 5.41) is 5.68. The highest BCUT2D eigenvalue weighted by Gasteiger charge is 2.18. The van der Waals surface area contributed by atoms with E-state index >= 15 is 0 Å². The number of likely N-dealkylation sites (N-methyl/N-ethyl adjacent to an activating group) is 1. The molecule has 2 aromatic rings. The van der Waals surface area contributed by atoms with E-state index in [2.05, 4.69) is 15.4 Å². The van der Waals surface area contributed by atoms with Gasteiger partial charge in [-0.1, -0.05) is 6.07 Å². The molecule has 148 valence electrons. The Morgan fingerprint density at radius 2 is 1.74 bits per heavy atom. The molecule has 9 heteroatoms. The van der Waals surface area contributed by atoms with Crippen LogP contribution in [0.15, 0.2) is 47.4 Å². The lowest BCUT2D eigenvalue weighted by atomic mass is 10.1. The lowest BCUT2D eigenvalue weighted by molar-refractivity contribution is 0.0953. The molecule has 0 atom stereocenters. The van der Waals surface area contributed by atoms with Gasteiger partial charge in [-0.25, -0.2) is 8.42 Å². The van der Waals surface area contributed by atoms with Crippen molar-refractivity contribution in [2.24, 2.45) is 0 Å². The highest BCUT2D eigenvalue weighted by atomic mass is 35.5. The van der Waals surface area contributed by atoms with Crippen molar-refractivity contribution in [1.29, 1.82) is 0 Å². The lowest BCUT2D eigenvalue weighted by Gasteiger charge is -2.12. The summed E-state index contributed by atoms with van der Waals surface area (Å²) in [4.78, 5) is 12.3. The zero-order chi connectivity index (χ0) is 19.2. The van der Waals surface area contributed by atoms with E-state index in [4.69, 9.17) is 4.74 Å². The molecular formula is C18H24ClN3O4S. The summed E-state index contributed by atoms with van der Waals surface area (Å²) < 4.78 is 32.8. The van der Waals surface area contributed by atoms with Crippen molar-refractivity contribution in [3.63, 3.8) is 0 Å². The van der Waals surface area contributed by atoms with Crippen LogP contribution in [-0.2, 0) is 10.0 Å². The van der Waals surface area contributed by atoms with Gasteiger partial charge in [0.2, 0.25) is 0 Å². The third kappa shape index (κ3) is 6.13. The minimum atomic E-state index is -3.81. The first-order chi connectivity index (χ1) is 12.4. The van der Waals surface area contributed by atoms with Crippen LogP contribution in [0.25, 0.3) is 0 Å².